The van der Waals surface area contributed by atoms with Crippen molar-refractivity contribution in [3.63, 3.8) is 0 Å². The first-order valence-corrected chi connectivity index (χ1v) is 10.1. The highest BCUT2D eigenvalue weighted by Gasteiger charge is 2.05. The fraction of sp³-hybridized carbons (Fsp3) is 0.778. The summed E-state index contributed by atoms with van der Waals surface area (Å²) in [5.74, 6) is 0.903. The van der Waals surface area contributed by atoms with Crippen LogP contribution in [0.25, 0.3) is 0 Å². The number of hydrogen-bond donors (Lipinski definition) is 2. The standard InChI is InChI=1S/C18H35N5S/c1-6-11-23(12-7-2)13-9-10-20-18(19-8-3)21-14-17-15(4)22-16(5)24-17/h6-14H2,1-5H3,(H2,19,20,21). The summed E-state index contributed by atoms with van der Waals surface area (Å²) < 4.78 is 0. The van der Waals surface area contributed by atoms with Crippen molar-refractivity contribution in [1.82, 2.24) is 20.5 Å². The van der Waals surface area contributed by atoms with E-state index in [4.69, 9.17) is 4.99 Å². The normalized spacial score (nSPS) is 12.0. The minimum Gasteiger partial charge on any atom is -0.357 e. The Morgan fingerprint density at radius 2 is 1.79 bits per heavy atom. The molecule has 1 aromatic heterocycles. The molecule has 6 heteroatoms. The molecule has 0 aromatic carbocycles. The molecule has 24 heavy (non-hydrogen) atoms. The molecule has 2 N–H and O–H groups in total. The summed E-state index contributed by atoms with van der Waals surface area (Å²) in [6.07, 6.45) is 3.60. The lowest BCUT2D eigenvalue weighted by molar-refractivity contribution is 0.271. The first-order valence-electron chi connectivity index (χ1n) is 9.28. The van der Waals surface area contributed by atoms with Crippen LogP contribution in [0.3, 0.4) is 0 Å². The molecule has 0 aliphatic rings. The Hall–Kier alpha value is -1.14. The second-order valence-corrected chi connectivity index (χ2v) is 7.35. The lowest BCUT2D eigenvalue weighted by Gasteiger charge is -2.21. The average Bonchev–Trinajstić information content (AvgIpc) is 2.87. The first-order chi connectivity index (χ1) is 11.6. The van der Waals surface area contributed by atoms with Crippen molar-refractivity contribution in [3.8, 4) is 0 Å². The van der Waals surface area contributed by atoms with Crippen LogP contribution in [0, 0.1) is 13.8 Å². The molecule has 1 aromatic rings. The van der Waals surface area contributed by atoms with E-state index >= 15 is 0 Å². The van der Waals surface area contributed by atoms with E-state index in [0.29, 0.717) is 6.54 Å². The number of hydrogen-bond acceptors (Lipinski definition) is 4. The third-order valence-corrected chi connectivity index (χ3v) is 4.81. The van der Waals surface area contributed by atoms with Gasteiger partial charge in [-0.2, -0.15) is 0 Å². The third kappa shape index (κ3) is 8.11. The van der Waals surface area contributed by atoms with Gasteiger partial charge >= 0.3 is 0 Å². The van der Waals surface area contributed by atoms with E-state index in [2.05, 4.69) is 48.2 Å². The van der Waals surface area contributed by atoms with Gasteiger partial charge in [0.25, 0.3) is 0 Å². The zero-order valence-electron chi connectivity index (χ0n) is 16.1. The van der Waals surface area contributed by atoms with Gasteiger partial charge in [0.2, 0.25) is 0 Å². The third-order valence-electron chi connectivity index (χ3n) is 3.75. The van der Waals surface area contributed by atoms with Crippen LogP contribution in [-0.4, -0.2) is 48.6 Å². The Bertz CT molecular complexity index is 478. The van der Waals surface area contributed by atoms with Crippen LogP contribution in [0.2, 0.25) is 0 Å². The second kappa shape index (κ2) is 12.3. The summed E-state index contributed by atoms with van der Waals surface area (Å²) in [7, 11) is 0. The summed E-state index contributed by atoms with van der Waals surface area (Å²) >= 11 is 1.74. The smallest absolute Gasteiger partial charge is 0.191 e. The molecule has 0 fully saturated rings. The minimum absolute atomic E-state index is 0.699. The van der Waals surface area contributed by atoms with E-state index in [0.717, 1.165) is 42.7 Å². The lowest BCUT2D eigenvalue weighted by Crippen LogP contribution is -2.39. The number of guanidine groups is 1. The highest BCUT2D eigenvalue weighted by atomic mass is 32.1. The van der Waals surface area contributed by atoms with Crippen molar-refractivity contribution in [2.24, 2.45) is 4.99 Å². The molecular weight excluding hydrogens is 318 g/mol. The zero-order valence-corrected chi connectivity index (χ0v) is 16.9. The largest absolute Gasteiger partial charge is 0.357 e. The Morgan fingerprint density at radius 3 is 2.33 bits per heavy atom. The van der Waals surface area contributed by atoms with E-state index in [9.17, 15) is 0 Å². The van der Waals surface area contributed by atoms with E-state index in [1.54, 1.807) is 11.3 Å². The predicted molar refractivity (Wildman–Crippen MR) is 106 cm³/mol. The number of nitrogens with zero attached hydrogens (tertiary/aromatic N) is 3. The van der Waals surface area contributed by atoms with Crippen molar-refractivity contribution in [1.29, 1.82) is 0 Å². The summed E-state index contributed by atoms with van der Waals surface area (Å²) in [5, 5.41) is 7.89. The van der Waals surface area contributed by atoms with Crippen molar-refractivity contribution in [2.45, 2.75) is 60.4 Å². The van der Waals surface area contributed by atoms with Gasteiger partial charge in [0, 0.05) is 18.0 Å². The van der Waals surface area contributed by atoms with Crippen molar-refractivity contribution in [2.75, 3.05) is 32.7 Å². The Kier molecular flexibility index (Phi) is 10.7. The minimum atomic E-state index is 0.699. The Balaban J connectivity index is 2.42. The maximum Gasteiger partial charge on any atom is 0.191 e. The lowest BCUT2D eigenvalue weighted by atomic mass is 10.3. The second-order valence-electron chi connectivity index (χ2n) is 6.06. The molecule has 0 saturated carbocycles. The summed E-state index contributed by atoms with van der Waals surface area (Å²) in [6, 6.07) is 0. The Labute approximate surface area is 152 Å². The maximum atomic E-state index is 4.70. The van der Waals surface area contributed by atoms with Gasteiger partial charge in [-0.05, 0) is 59.7 Å². The SMILES string of the molecule is CCCN(CCC)CCCNC(=NCc1sc(C)nc1C)NCC. The van der Waals surface area contributed by atoms with Crippen molar-refractivity contribution in [3.05, 3.63) is 15.6 Å². The fourth-order valence-electron chi connectivity index (χ4n) is 2.69. The molecule has 0 unspecified atom stereocenters. The summed E-state index contributed by atoms with van der Waals surface area (Å²) in [4.78, 5) is 13.0. The van der Waals surface area contributed by atoms with E-state index in [1.165, 1.54) is 30.8 Å². The van der Waals surface area contributed by atoms with Crippen LogP contribution in [-0.2, 0) is 6.54 Å². The van der Waals surface area contributed by atoms with Crippen LogP contribution in [0.15, 0.2) is 4.99 Å². The maximum absolute atomic E-state index is 4.70. The molecule has 5 nitrogen and oxygen atoms in total. The highest BCUT2D eigenvalue weighted by molar-refractivity contribution is 7.11. The zero-order chi connectivity index (χ0) is 17.8. The van der Waals surface area contributed by atoms with E-state index < -0.39 is 0 Å². The van der Waals surface area contributed by atoms with Crippen LogP contribution in [0.5, 0.6) is 0 Å². The van der Waals surface area contributed by atoms with Gasteiger partial charge in [0.05, 0.1) is 17.2 Å². The molecule has 138 valence electrons. The molecule has 0 amide bonds. The van der Waals surface area contributed by atoms with Crippen molar-refractivity contribution >= 4 is 17.3 Å². The molecule has 0 saturated heterocycles. The van der Waals surface area contributed by atoms with Crippen LogP contribution < -0.4 is 10.6 Å². The number of aryl methyl sites for hydroxylation is 2. The topological polar surface area (TPSA) is 52.5 Å². The van der Waals surface area contributed by atoms with Crippen LogP contribution >= 0.6 is 11.3 Å². The van der Waals surface area contributed by atoms with E-state index in [-0.39, 0.29) is 0 Å². The molecule has 0 aliphatic heterocycles. The van der Waals surface area contributed by atoms with Gasteiger partial charge in [-0.3, -0.25) is 0 Å². The molecule has 1 rings (SSSR count). The van der Waals surface area contributed by atoms with Crippen molar-refractivity contribution < 1.29 is 0 Å². The van der Waals surface area contributed by atoms with Gasteiger partial charge < -0.3 is 15.5 Å². The van der Waals surface area contributed by atoms with Gasteiger partial charge in [0.15, 0.2) is 5.96 Å². The molecule has 0 bridgehead atoms. The fourth-order valence-corrected chi connectivity index (χ4v) is 3.55. The molecule has 0 atom stereocenters. The molecule has 0 aliphatic carbocycles. The quantitative estimate of drug-likeness (QED) is 0.364. The van der Waals surface area contributed by atoms with E-state index in [1.807, 2.05) is 6.92 Å². The first kappa shape index (κ1) is 20.9. The molecule has 1 heterocycles. The number of nitrogens with one attached hydrogen (secondary N) is 2. The number of thiazole rings is 1. The average molecular weight is 354 g/mol. The van der Waals surface area contributed by atoms with Crippen LogP contribution in [0.4, 0.5) is 0 Å². The molecular formula is C18H35N5S. The van der Waals surface area contributed by atoms with Gasteiger partial charge in [-0.15, -0.1) is 11.3 Å². The summed E-state index contributed by atoms with van der Waals surface area (Å²) in [5.41, 5.74) is 1.10. The summed E-state index contributed by atoms with van der Waals surface area (Å²) in [6.45, 7) is 16.8. The number of aromatic nitrogens is 1. The number of aliphatic imine (C=N–C) groups is 1. The van der Waals surface area contributed by atoms with Gasteiger partial charge in [0.1, 0.15) is 0 Å². The molecule has 0 radical (unpaired) electrons. The molecule has 0 spiro atoms. The number of rotatable bonds is 11. The monoisotopic (exact) mass is 353 g/mol. The highest BCUT2D eigenvalue weighted by Crippen LogP contribution is 2.17. The predicted octanol–water partition coefficient (Wildman–Crippen LogP) is 3.33. The van der Waals surface area contributed by atoms with Gasteiger partial charge in [-0.25, -0.2) is 9.98 Å². The Morgan fingerprint density at radius 1 is 1.08 bits per heavy atom. The van der Waals surface area contributed by atoms with Gasteiger partial charge in [-0.1, -0.05) is 13.8 Å². The van der Waals surface area contributed by atoms with Crippen LogP contribution in [0.1, 0.15) is 55.6 Å².